The highest BCUT2D eigenvalue weighted by Crippen LogP contribution is 2.49. The number of fused-ring (bicyclic) bond motifs is 1. The van der Waals surface area contributed by atoms with Crippen LogP contribution in [-0.2, 0) is 5.60 Å². The number of hydrogen-bond donors (Lipinski definition) is 2. The molecule has 0 bridgehead atoms. The Balaban J connectivity index is 1.38. The van der Waals surface area contributed by atoms with Crippen LogP contribution in [-0.4, -0.2) is 34.7 Å². The molecule has 2 N–H and O–H groups in total. The fourth-order valence-electron chi connectivity index (χ4n) is 4.65. The fourth-order valence-corrected chi connectivity index (χ4v) is 4.65. The Morgan fingerprint density at radius 1 is 1.04 bits per heavy atom. The molecule has 1 saturated carbocycles. The summed E-state index contributed by atoms with van der Waals surface area (Å²) in [6.45, 7) is 2.28. The molecule has 132 valence electrons. The van der Waals surface area contributed by atoms with E-state index < -0.39 is 11.7 Å². The summed E-state index contributed by atoms with van der Waals surface area (Å²) in [4.78, 5) is 2.25. The van der Waals surface area contributed by atoms with Gasteiger partial charge in [0.1, 0.15) is 5.82 Å². The largest absolute Gasteiger partial charge is 0.387 e. The summed E-state index contributed by atoms with van der Waals surface area (Å²) in [5.74, 6) is 0.581. The topological polar surface area (TPSA) is 43.7 Å². The zero-order chi connectivity index (χ0) is 17.4. The average molecular weight is 341 g/mol. The van der Waals surface area contributed by atoms with Gasteiger partial charge in [-0.2, -0.15) is 0 Å². The second-order valence-electron chi connectivity index (χ2n) is 7.62. The molecule has 3 unspecified atom stereocenters. The van der Waals surface area contributed by atoms with Crippen LogP contribution in [0.15, 0.2) is 54.6 Å². The van der Waals surface area contributed by atoms with Crippen molar-refractivity contribution in [1.29, 1.82) is 0 Å². The van der Waals surface area contributed by atoms with E-state index in [0.29, 0.717) is 23.9 Å². The Morgan fingerprint density at radius 2 is 1.72 bits per heavy atom. The van der Waals surface area contributed by atoms with Crippen molar-refractivity contribution in [1.82, 2.24) is 4.90 Å². The van der Waals surface area contributed by atoms with Gasteiger partial charge in [0.2, 0.25) is 0 Å². The molecule has 2 aliphatic rings. The molecular weight excluding hydrogens is 317 g/mol. The van der Waals surface area contributed by atoms with Gasteiger partial charge < -0.3 is 10.2 Å². The van der Waals surface area contributed by atoms with Crippen molar-refractivity contribution in [2.75, 3.05) is 19.6 Å². The quantitative estimate of drug-likeness (QED) is 0.898. The third-order valence-electron chi connectivity index (χ3n) is 5.83. The first kappa shape index (κ1) is 16.7. The zero-order valence-electron chi connectivity index (χ0n) is 14.2. The molecule has 1 heterocycles. The summed E-state index contributed by atoms with van der Waals surface area (Å²) in [5.41, 5.74) is 0.915. The predicted molar refractivity (Wildman–Crippen MR) is 94.4 cm³/mol. The third-order valence-corrected chi connectivity index (χ3v) is 5.83. The van der Waals surface area contributed by atoms with E-state index in [1.807, 2.05) is 30.3 Å². The van der Waals surface area contributed by atoms with Crippen LogP contribution in [0.4, 0.5) is 4.39 Å². The van der Waals surface area contributed by atoms with Crippen molar-refractivity contribution in [2.45, 2.75) is 24.5 Å². The molecule has 4 heteroatoms. The number of likely N-dealkylation sites (tertiary alicyclic amines) is 1. The van der Waals surface area contributed by atoms with E-state index in [0.717, 1.165) is 31.5 Å². The second kappa shape index (κ2) is 6.52. The van der Waals surface area contributed by atoms with Crippen molar-refractivity contribution >= 4 is 0 Å². The van der Waals surface area contributed by atoms with Crippen LogP contribution in [0, 0.1) is 17.7 Å². The zero-order valence-corrected chi connectivity index (χ0v) is 14.2. The van der Waals surface area contributed by atoms with Gasteiger partial charge in [0.25, 0.3) is 0 Å². The maximum absolute atomic E-state index is 13.3. The van der Waals surface area contributed by atoms with Crippen LogP contribution < -0.4 is 0 Å². The van der Waals surface area contributed by atoms with Gasteiger partial charge in [-0.25, -0.2) is 4.39 Å². The van der Waals surface area contributed by atoms with E-state index in [-0.39, 0.29) is 5.82 Å². The lowest BCUT2D eigenvalue weighted by Crippen LogP contribution is -2.31. The average Bonchev–Trinajstić information content (AvgIpc) is 3.10. The summed E-state index contributed by atoms with van der Waals surface area (Å²) >= 11 is 0. The molecule has 4 rings (SSSR count). The van der Waals surface area contributed by atoms with Gasteiger partial charge in [-0.15, -0.1) is 0 Å². The molecule has 25 heavy (non-hydrogen) atoms. The predicted octanol–water partition coefficient (Wildman–Crippen LogP) is 3.09. The number of hydrogen-bond acceptors (Lipinski definition) is 3. The lowest BCUT2D eigenvalue weighted by atomic mass is 9.90. The van der Waals surface area contributed by atoms with Gasteiger partial charge in [0.15, 0.2) is 0 Å². The number of aliphatic hydroxyl groups excluding tert-OH is 1. The lowest BCUT2D eigenvalue weighted by Gasteiger charge is -2.27. The molecular formula is C21H24FNO2. The molecule has 1 saturated heterocycles. The van der Waals surface area contributed by atoms with E-state index in [1.54, 1.807) is 12.1 Å². The molecule has 2 fully saturated rings. The number of aliphatic hydroxyl groups is 2. The number of halogens is 1. The second-order valence-corrected chi connectivity index (χ2v) is 7.62. The summed E-state index contributed by atoms with van der Waals surface area (Å²) in [5, 5.41) is 21.4. The third kappa shape index (κ3) is 3.34. The Hall–Kier alpha value is -1.75. The van der Waals surface area contributed by atoms with Crippen molar-refractivity contribution in [3.8, 4) is 0 Å². The van der Waals surface area contributed by atoms with Gasteiger partial charge >= 0.3 is 0 Å². The van der Waals surface area contributed by atoms with Gasteiger partial charge in [-0.05, 0) is 47.9 Å². The molecule has 2 aromatic carbocycles. The molecule has 0 amide bonds. The van der Waals surface area contributed by atoms with Crippen LogP contribution in [0.25, 0.3) is 0 Å². The Kier molecular flexibility index (Phi) is 4.36. The van der Waals surface area contributed by atoms with Crippen molar-refractivity contribution in [3.63, 3.8) is 0 Å². The molecule has 0 radical (unpaired) electrons. The van der Waals surface area contributed by atoms with Gasteiger partial charge in [0.05, 0.1) is 11.7 Å². The van der Waals surface area contributed by atoms with Crippen LogP contribution in [0.1, 0.15) is 30.1 Å². The molecule has 3 atom stereocenters. The first-order chi connectivity index (χ1) is 12.0. The van der Waals surface area contributed by atoms with E-state index in [9.17, 15) is 14.6 Å². The Morgan fingerprint density at radius 3 is 2.36 bits per heavy atom. The number of nitrogens with zero attached hydrogens (tertiary/aromatic N) is 1. The van der Waals surface area contributed by atoms with Crippen LogP contribution in [0.2, 0.25) is 0 Å². The normalized spacial score (nSPS) is 30.4. The van der Waals surface area contributed by atoms with E-state index in [4.69, 9.17) is 0 Å². The van der Waals surface area contributed by atoms with Gasteiger partial charge in [-0.3, -0.25) is 4.90 Å². The smallest absolute Gasteiger partial charge is 0.123 e. The molecule has 1 aliphatic heterocycles. The molecule has 1 aliphatic carbocycles. The Bertz CT molecular complexity index is 722. The lowest BCUT2D eigenvalue weighted by molar-refractivity contribution is 0.0288. The summed E-state index contributed by atoms with van der Waals surface area (Å²) in [6, 6.07) is 16.1. The van der Waals surface area contributed by atoms with E-state index in [2.05, 4.69) is 4.90 Å². The van der Waals surface area contributed by atoms with Crippen molar-refractivity contribution in [2.24, 2.45) is 11.8 Å². The molecule has 2 aromatic rings. The van der Waals surface area contributed by atoms with Crippen LogP contribution >= 0.6 is 0 Å². The Labute approximate surface area is 147 Å². The number of benzene rings is 2. The fraction of sp³-hybridized carbons (Fsp3) is 0.429. The monoisotopic (exact) mass is 341 g/mol. The standard InChI is InChI=1S/C21H24FNO2/c22-19-8-4-5-15(9-19)20(24)14-23-12-16-10-21(25,11-17(16)13-23)18-6-2-1-3-7-18/h1-9,16-17,20,24-25H,10-14H2. The summed E-state index contributed by atoms with van der Waals surface area (Å²) in [7, 11) is 0. The molecule has 3 nitrogen and oxygen atoms in total. The first-order valence-corrected chi connectivity index (χ1v) is 8.97. The van der Waals surface area contributed by atoms with Crippen LogP contribution in [0.3, 0.4) is 0 Å². The minimum Gasteiger partial charge on any atom is -0.387 e. The van der Waals surface area contributed by atoms with Crippen LogP contribution in [0.5, 0.6) is 0 Å². The van der Waals surface area contributed by atoms with Gasteiger partial charge in [0, 0.05) is 19.6 Å². The number of β-amino-alcohol motifs (C(OH)–C–C–N with tert-alkyl or cyclic N) is 1. The van der Waals surface area contributed by atoms with Crippen molar-refractivity contribution in [3.05, 3.63) is 71.5 Å². The maximum atomic E-state index is 13.3. The highest BCUT2D eigenvalue weighted by Gasteiger charge is 2.49. The van der Waals surface area contributed by atoms with E-state index in [1.165, 1.54) is 12.1 Å². The van der Waals surface area contributed by atoms with Crippen molar-refractivity contribution < 1.29 is 14.6 Å². The molecule has 0 spiro atoms. The number of rotatable bonds is 4. The maximum Gasteiger partial charge on any atom is 0.123 e. The minimum absolute atomic E-state index is 0.317. The molecule has 0 aromatic heterocycles. The summed E-state index contributed by atoms with van der Waals surface area (Å²) < 4.78 is 13.3. The highest BCUT2D eigenvalue weighted by atomic mass is 19.1. The first-order valence-electron chi connectivity index (χ1n) is 8.97. The SMILES string of the molecule is OC(CN1CC2CC(O)(c3ccccc3)CC2C1)c1cccc(F)c1. The highest BCUT2D eigenvalue weighted by molar-refractivity contribution is 5.25. The summed E-state index contributed by atoms with van der Waals surface area (Å²) in [6.07, 6.45) is 0.866. The van der Waals surface area contributed by atoms with Gasteiger partial charge in [-0.1, -0.05) is 42.5 Å². The minimum atomic E-state index is -0.718. The van der Waals surface area contributed by atoms with E-state index >= 15 is 0 Å².